The summed E-state index contributed by atoms with van der Waals surface area (Å²) in [6.45, 7) is 33.9. The van der Waals surface area contributed by atoms with Gasteiger partial charge in [0.1, 0.15) is 0 Å². The molecule has 0 saturated heterocycles. The van der Waals surface area contributed by atoms with Gasteiger partial charge in [-0.15, -0.1) is 0 Å². The maximum Gasteiger partial charge on any atom is 0.0541 e. The number of para-hydroxylation sites is 2. The van der Waals surface area contributed by atoms with E-state index in [4.69, 9.17) is 0 Å². The van der Waals surface area contributed by atoms with Gasteiger partial charge in [0.2, 0.25) is 0 Å². The van der Waals surface area contributed by atoms with E-state index in [9.17, 15) is 0 Å². The molecule has 0 saturated carbocycles. The smallest absolute Gasteiger partial charge is 0.0541 e. The molecule has 26 rings (SSSR count). The standard InChI is InChI=1S/C78H64N2.C66H56N2/c1-8-79-71-42-38-58(46-67(71)69-48-60(77(2,3)4)40-44-72(69)79)54-26-22-50(23-27-54)52-30-34-56(35-31-52)75-63-18-12-14-20-65(63)76(66-21-15-13-19-64(66)75)57-36-32-53(33-37-57)51-24-28-55(29-25-51)59-39-43-73-68(47-59)70-49-61(78(5,6)7)41-45-74(70)80(73)62-16-10-9-11-17-62;1-8-67-59-34-30-46(38-55(59)57-40-48(65(2,3)4)32-36-60(57)67)42-22-26-44(27-23-42)63-51-18-12-14-20-53(51)64(54-21-15-13-19-52(54)63)45-28-24-43(25-29-45)47-31-35-61-56(39-47)58-41-49(66(5,6)7)33-37-62(58)68(61)50-16-10-9-11-17-50/h9-49H,8H2,1-7H3;9-41H,8H2,1-7H3. The summed E-state index contributed by atoms with van der Waals surface area (Å²) in [4.78, 5) is 0. The van der Waals surface area contributed by atoms with Crippen LogP contribution in [0.25, 0.3) is 253 Å². The molecule has 716 valence electrons. The van der Waals surface area contributed by atoms with Crippen LogP contribution >= 0.6 is 0 Å². The summed E-state index contributed by atoms with van der Waals surface area (Å²) in [7, 11) is 0. The summed E-state index contributed by atoms with van der Waals surface area (Å²) in [6, 6.07) is 169. The van der Waals surface area contributed by atoms with Gasteiger partial charge in [0.25, 0.3) is 0 Å². The largest absolute Gasteiger partial charge is 0.341 e. The van der Waals surface area contributed by atoms with E-state index in [0.717, 1.165) is 13.1 Å². The minimum atomic E-state index is 0.0475. The second-order valence-corrected chi connectivity index (χ2v) is 44.8. The molecule has 4 heterocycles. The zero-order valence-corrected chi connectivity index (χ0v) is 86.9. The lowest BCUT2D eigenvalue weighted by Gasteiger charge is -2.19. The topological polar surface area (TPSA) is 19.7 Å². The highest BCUT2D eigenvalue weighted by Gasteiger charge is 2.28. The van der Waals surface area contributed by atoms with Gasteiger partial charge in [-0.1, -0.05) is 411 Å². The highest BCUT2D eigenvalue weighted by molar-refractivity contribution is 6.24. The Bertz CT molecular complexity index is 9620. The molecule has 0 aliphatic rings. The zero-order valence-electron chi connectivity index (χ0n) is 86.9. The Labute approximate surface area is 867 Å². The summed E-state index contributed by atoms with van der Waals surface area (Å²) < 4.78 is 9.71. The van der Waals surface area contributed by atoms with Gasteiger partial charge in [-0.05, 0) is 333 Å². The Hall–Kier alpha value is -16.9. The number of hydrogen-bond donors (Lipinski definition) is 0. The number of nitrogens with zero attached hydrogens (tertiary/aromatic N) is 4. The van der Waals surface area contributed by atoms with E-state index in [1.54, 1.807) is 0 Å². The molecule has 0 fully saturated rings. The second-order valence-electron chi connectivity index (χ2n) is 44.8. The van der Waals surface area contributed by atoms with Crippen molar-refractivity contribution in [2.45, 2.75) is 132 Å². The first-order valence-corrected chi connectivity index (χ1v) is 52.7. The van der Waals surface area contributed by atoms with Crippen LogP contribution in [-0.4, -0.2) is 18.3 Å². The fourth-order valence-corrected chi connectivity index (χ4v) is 23.8. The molecule has 4 aromatic heterocycles. The number of aromatic nitrogens is 4. The van der Waals surface area contributed by atoms with Crippen molar-refractivity contribution in [2.75, 3.05) is 0 Å². The lowest BCUT2D eigenvalue weighted by Crippen LogP contribution is -2.10. The van der Waals surface area contributed by atoms with E-state index in [2.05, 4.69) is 564 Å². The van der Waals surface area contributed by atoms with Crippen molar-refractivity contribution < 1.29 is 0 Å². The normalized spacial score (nSPS) is 12.3. The third-order valence-electron chi connectivity index (χ3n) is 31.7. The highest BCUT2D eigenvalue weighted by atomic mass is 15.0. The average Bonchev–Trinajstić information content (AvgIpc) is 1.37. The SMILES string of the molecule is CCn1c2ccc(-c3ccc(-c4c5ccccc5c(-c5ccc(-c6ccc7c(c6)c6cc(C(C)(C)C)ccc6n7-c6ccccc6)cc5)c5ccccc45)cc3)cc2c2cc(C(C)(C)C)ccc21.CCn1c2ccc(-c3ccc(-c4ccc(-c5c6ccccc6c(-c6ccc(-c7ccc(-c8ccc9c(c8)c8cc(C(C)(C)C)ccc8n9-c8ccccc8)cc7)cc6)c6ccccc56)cc4)cc3)cc2c2cc(C(C)(C)C)ccc21. The third-order valence-corrected chi connectivity index (χ3v) is 31.7. The molecule has 26 aromatic rings. The third kappa shape index (κ3) is 16.1. The van der Waals surface area contributed by atoms with Crippen molar-refractivity contribution in [1.82, 2.24) is 18.3 Å². The first kappa shape index (κ1) is 92.2. The first-order chi connectivity index (χ1) is 71.8. The fourth-order valence-electron chi connectivity index (χ4n) is 23.8. The quantitative estimate of drug-likeness (QED) is 0.0967. The molecule has 4 nitrogen and oxygen atoms in total. The van der Waals surface area contributed by atoms with Crippen molar-refractivity contribution >= 4 is 130 Å². The lowest BCUT2D eigenvalue weighted by atomic mass is 9.85. The molecule has 0 spiro atoms. The van der Waals surface area contributed by atoms with Crippen LogP contribution in [0.15, 0.2) is 449 Å². The monoisotopic (exact) mass is 1900 g/mol. The van der Waals surface area contributed by atoms with E-state index < -0.39 is 0 Å². The molecule has 148 heavy (non-hydrogen) atoms. The Morgan fingerprint density at radius 2 is 0.297 bits per heavy atom. The van der Waals surface area contributed by atoms with E-state index in [1.165, 1.54) is 275 Å². The Kier molecular flexibility index (Phi) is 22.5. The van der Waals surface area contributed by atoms with Gasteiger partial charge in [-0.25, -0.2) is 0 Å². The predicted octanol–water partition coefficient (Wildman–Crippen LogP) is 40.3. The summed E-state index contributed by atoms with van der Waals surface area (Å²) in [6.07, 6.45) is 0. The number of rotatable bonds is 14. The molecular formula is C144H120N4. The van der Waals surface area contributed by atoms with Crippen LogP contribution in [-0.2, 0) is 34.7 Å². The van der Waals surface area contributed by atoms with Gasteiger partial charge in [0.05, 0.1) is 22.1 Å². The van der Waals surface area contributed by atoms with Crippen LogP contribution in [0.2, 0.25) is 0 Å². The Morgan fingerprint density at radius 1 is 0.142 bits per heavy atom. The summed E-state index contributed by atoms with van der Waals surface area (Å²) in [5.41, 5.74) is 42.7. The van der Waals surface area contributed by atoms with Crippen molar-refractivity contribution in [3.05, 3.63) is 471 Å². The minimum absolute atomic E-state index is 0.0475. The number of fused-ring (bicyclic) bond motifs is 16. The van der Waals surface area contributed by atoms with Crippen LogP contribution in [0.3, 0.4) is 0 Å². The van der Waals surface area contributed by atoms with Crippen molar-refractivity contribution in [3.63, 3.8) is 0 Å². The number of aryl methyl sites for hydroxylation is 2. The van der Waals surface area contributed by atoms with Gasteiger partial charge >= 0.3 is 0 Å². The minimum Gasteiger partial charge on any atom is -0.341 e. The molecule has 0 aliphatic carbocycles. The summed E-state index contributed by atoms with van der Waals surface area (Å²) >= 11 is 0. The van der Waals surface area contributed by atoms with E-state index >= 15 is 0 Å². The molecule has 22 aromatic carbocycles. The van der Waals surface area contributed by atoms with E-state index in [-0.39, 0.29) is 21.7 Å². The zero-order chi connectivity index (χ0) is 101. The maximum absolute atomic E-state index is 2.45. The van der Waals surface area contributed by atoms with Crippen molar-refractivity contribution in [1.29, 1.82) is 0 Å². The lowest BCUT2D eigenvalue weighted by molar-refractivity contribution is 0.591. The average molecular weight is 1910 g/mol. The molecule has 0 bridgehead atoms. The second kappa shape index (κ2) is 36.1. The molecule has 0 radical (unpaired) electrons. The van der Waals surface area contributed by atoms with Crippen LogP contribution in [0.5, 0.6) is 0 Å². The highest BCUT2D eigenvalue weighted by Crippen LogP contribution is 2.51. The molecular weight excluding hydrogens is 1790 g/mol. The van der Waals surface area contributed by atoms with Gasteiger partial charge in [-0.2, -0.15) is 0 Å². The summed E-state index contributed by atoms with van der Waals surface area (Å²) in [5.74, 6) is 0. The molecule has 4 heteroatoms. The number of benzene rings is 22. The van der Waals surface area contributed by atoms with E-state index in [0.29, 0.717) is 0 Å². The van der Waals surface area contributed by atoms with Crippen LogP contribution < -0.4 is 0 Å². The van der Waals surface area contributed by atoms with Gasteiger partial charge in [0.15, 0.2) is 0 Å². The molecule has 0 aliphatic heterocycles. The molecule has 0 N–H and O–H groups in total. The molecule has 0 atom stereocenters. The van der Waals surface area contributed by atoms with Crippen LogP contribution in [0.4, 0.5) is 0 Å². The van der Waals surface area contributed by atoms with E-state index in [1.807, 2.05) is 0 Å². The fraction of sp³-hybridized carbons (Fsp3) is 0.139. The molecule has 0 amide bonds. The first-order valence-electron chi connectivity index (χ1n) is 52.7. The van der Waals surface area contributed by atoms with Gasteiger partial charge in [0, 0.05) is 89.6 Å². The Morgan fingerprint density at radius 3 is 0.507 bits per heavy atom. The summed E-state index contributed by atoms with van der Waals surface area (Å²) in [5, 5.41) is 20.5. The Balaban J connectivity index is 0.000000156. The predicted molar refractivity (Wildman–Crippen MR) is 638 cm³/mol. The molecule has 0 unspecified atom stereocenters. The maximum atomic E-state index is 2.45. The van der Waals surface area contributed by atoms with Crippen molar-refractivity contribution in [2.24, 2.45) is 0 Å². The van der Waals surface area contributed by atoms with Crippen LogP contribution in [0, 0.1) is 0 Å². The van der Waals surface area contributed by atoms with Gasteiger partial charge < -0.3 is 18.3 Å². The van der Waals surface area contributed by atoms with Gasteiger partial charge in [-0.3, -0.25) is 0 Å². The number of hydrogen-bond acceptors (Lipinski definition) is 0. The van der Waals surface area contributed by atoms with Crippen molar-refractivity contribution in [3.8, 4) is 123 Å². The van der Waals surface area contributed by atoms with Crippen LogP contribution in [0.1, 0.15) is 119 Å².